The van der Waals surface area contributed by atoms with Gasteiger partial charge >= 0.3 is 0 Å². The lowest BCUT2D eigenvalue weighted by Crippen LogP contribution is -2.13. The topological polar surface area (TPSA) is 60.6 Å². The maximum Gasteiger partial charge on any atom is 0.194 e. The van der Waals surface area contributed by atoms with Crippen LogP contribution >= 0.6 is 0 Å². The van der Waals surface area contributed by atoms with Crippen LogP contribution in [0.1, 0.15) is 24.7 Å². The first-order valence-electron chi connectivity index (χ1n) is 7.27. The van der Waals surface area contributed by atoms with Gasteiger partial charge in [0.1, 0.15) is 0 Å². The third-order valence-electron chi connectivity index (χ3n) is 3.45. The average molecular weight is 284 g/mol. The van der Waals surface area contributed by atoms with Crippen molar-refractivity contribution >= 4 is 10.9 Å². The third kappa shape index (κ3) is 3.11. The zero-order valence-electron chi connectivity index (χ0n) is 12.5. The van der Waals surface area contributed by atoms with Gasteiger partial charge in [0.15, 0.2) is 5.82 Å². The fourth-order valence-electron chi connectivity index (χ4n) is 2.45. The number of hydrogen-bond donors (Lipinski definition) is 1. The number of rotatable bonds is 6. The van der Waals surface area contributed by atoms with E-state index in [0.717, 1.165) is 25.3 Å². The maximum absolute atomic E-state index is 4.22. The van der Waals surface area contributed by atoms with Crippen molar-refractivity contribution in [3.63, 3.8) is 0 Å². The summed E-state index contributed by atoms with van der Waals surface area (Å²) in [7, 11) is 1.78. The van der Waals surface area contributed by atoms with E-state index in [0.29, 0.717) is 6.54 Å². The summed E-state index contributed by atoms with van der Waals surface area (Å²) in [6.07, 6.45) is 3.23. The highest BCUT2D eigenvalue weighted by atomic mass is 15.6. The smallest absolute Gasteiger partial charge is 0.194 e. The van der Waals surface area contributed by atoms with Gasteiger partial charge in [0.05, 0.1) is 13.6 Å². The van der Waals surface area contributed by atoms with E-state index >= 15 is 0 Å². The van der Waals surface area contributed by atoms with Crippen molar-refractivity contribution in [2.24, 2.45) is 7.05 Å². The Hall–Kier alpha value is -2.21. The highest BCUT2D eigenvalue weighted by Crippen LogP contribution is 2.18. The highest BCUT2D eigenvalue weighted by Gasteiger charge is 2.06. The van der Waals surface area contributed by atoms with Crippen molar-refractivity contribution in [3.8, 4) is 0 Å². The summed E-state index contributed by atoms with van der Waals surface area (Å²) in [6.45, 7) is 4.79. The molecule has 6 heteroatoms. The molecule has 0 aliphatic carbocycles. The molecule has 110 valence electrons. The lowest BCUT2D eigenvalue weighted by Gasteiger charge is -2.05. The van der Waals surface area contributed by atoms with Gasteiger partial charge < -0.3 is 9.88 Å². The molecule has 0 radical (unpaired) electrons. The predicted octanol–water partition coefficient (Wildman–Crippen LogP) is 1.71. The van der Waals surface area contributed by atoms with Crippen LogP contribution in [0.15, 0.2) is 30.5 Å². The van der Waals surface area contributed by atoms with Crippen LogP contribution in [-0.2, 0) is 20.1 Å². The van der Waals surface area contributed by atoms with Gasteiger partial charge in [-0.15, -0.1) is 10.2 Å². The number of nitrogens with zero attached hydrogens (tertiary/aromatic N) is 5. The molecular weight excluding hydrogens is 264 g/mol. The quantitative estimate of drug-likeness (QED) is 0.700. The summed E-state index contributed by atoms with van der Waals surface area (Å²) in [4.78, 5) is 1.48. The Morgan fingerprint density at radius 3 is 2.90 bits per heavy atom. The molecule has 0 aliphatic heterocycles. The predicted molar refractivity (Wildman–Crippen MR) is 81.8 cm³/mol. The first kappa shape index (κ1) is 13.8. The van der Waals surface area contributed by atoms with Gasteiger partial charge in [-0.1, -0.05) is 13.0 Å². The van der Waals surface area contributed by atoms with Crippen LogP contribution in [0.4, 0.5) is 0 Å². The molecule has 1 N–H and O–H groups in total. The Morgan fingerprint density at radius 1 is 1.24 bits per heavy atom. The number of tetrazole rings is 1. The molecule has 0 unspecified atom stereocenters. The van der Waals surface area contributed by atoms with Crippen LogP contribution in [0.2, 0.25) is 0 Å². The van der Waals surface area contributed by atoms with E-state index in [2.05, 4.69) is 62.7 Å². The zero-order valence-corrected chi connectivity index (χ0v) is 12.5. The van der Waals surface area contributed by atoms with Crippen LogP contribution in [0.25, 0.3) is 10.9 Å². The number of aryl methyl sites for hydroxylation is 1. The van der Waals surface area contributed by atoms with Crippen molar-refractivity contribution in [3.05, 3.63) is 41.9 Å². The Balaban J connectivity index is 1.79. The minimum Gasteiger partial charge on any atom is -0.340 e. The molecule has 0 atom stereocenters. The SMILES string of the molecule is CCCNCc1ccc2c(ccn2Cc2nnn(C)n2)c1. The molecule has 6 nitrogen and oxygen atoms in total. The Morgan fingerprint density at radius 2 is 2.14 bits per heavy atom. The first-order valence-corrected chi connectivity index (χ1v) is 7.27. The molecule has 3 aromatic rings. The van der Waals surface area contributed by atoms with E-state index in [1.807, 2.05) is 0 Å². The highest BCUT2D eigenvalue weighted by molar-refractivity contribution is 5.80. The van der Waals surface area contributed by atoms with Crippen LogP contribution in [0, 0.1) is 0 Å². The molecular formula is C15H20N6. The molecule has 0 saturated heterocycles. The van der Waals surface area contributed by atoms with Gasteiger partial charge in [-0.25, -0.2) is 0 Å². The molecule has 0 amide bonds. The molecule has 0 bridgehead atoms. The molecule has 1 aromatic carbocycles. The Bertz CT molecular complexity index is 727. The van der Waals surface area contributed by atoms with E-state index in [-0.39, 0.29) is 0 Å². The van der Waals surface area contributed by atoms with Crippen LogP contribution < -0.4 is 5.32 Å². The lowest BCUT2D eigenvalue weighted by atomic mass is 10.1. The van der Waals surface area contributed by atoms with Gasteiger partial charge in [0.2, 0.25) is 0 Å². The fraction of sp³-hybridized carbons (Fsp3) is 0.400. The summed E-state index contributed by atoms with van der Waals surface area (Å²) in [5.41, 5.74) is 2.51. The molecule has 3 rings (SSSR count). The second kappa shape index (κ2) is 6.05. The van der Waals surface area contributed by atoms with Crippen molar-refractivity contribution in [1.82, 2.24) is 30.1 Å². The number of fused-ring (bicyclic) bond motifs is 1. The first-order chi connectivity index (χ1) is 10.3. The largest absolute Gasteiger partial charge is 0.340 e. The zero-order chi connectivity index (χ0) is 14.7. The number of nitrogens with one attached hydrogen (secondary N) is 1. The van der Waals surface area contributed by atoms with Gasteiger partial charge in [-0.2, -0.15) is 4.80 Å². The molecule has 2 aromatic heterocycles. The molecule has 0 aliphatic rings. The molecule has 0 fully saturated rings. The normalized spacial score (nSPS) is 11.3. The van der Waals surface area contributed by atoms with Gasteiger partial charge in [0, 0.05) is 18.3 Å². The van der Waals surface area contributed by atoms with Crippen LogP contribution in [-0.4, -0.2) is 31.3 Å². The molecule has 2 heterocycles. The average Bonchev–Trinajstić information content (AvgIpc) is 3.06. The third-order valence-corrected chi connectivity index (χ3v) is 3.45. The monoisotopic (exact) mass is 284 g/mol. The van der Waals surface area contributed by atoms with Crippen LogP contribution in [0.3, 0.4) is 0 Å². The number of aromatic nitrogens is 5. The molecule has 0 saturated carbocycles. The van der Waals surface area contributed by atoms with E-state index in [9.17, 15) is 0 Å². The minimum absolute atomic E-state index is 0.644. The van der Waals surface area contributed by atoms with Crippen LogP contribution in [0.5, 0.6) is 0 Å². The van der Waals surface area contributed by atoms with Gasteiger partial charge in [-0.3, -0.25) is 0 Å². The summed E-state index contributed by atoms with van der Waals surface area (Å²) >= 11 is 0. The lowest BCUT2D eigenvalue weighted by molar-refractivity contribution is 0.625. The van der Waals surface area contributed by atoms with E-state index in [4.69, 9.17) is 0 Å². The maximum atomic E-state index is 4.22. The second-order valence-electron chi connectivity index (χ2n) is 5.21. The minimum atomic E-state index is 0.644. The standard InChI is InChI=1S/C15H20N6/c1-3-7-16-10-12-4-5-14-13(9-12)6-8-21(14)11-15-17-19-20(2)18-15/h4-6,8-9,16H,3,7,10-11H2,1-2H3. The van der Waals surface area contributed by atoms with Crippen molar-refractivity contribution in [2.45, 2.75) is 26.4 Å². The van der Waals surface area contributed by atoms with Gasteiger partial charge in [-0.05, 0) is 47.3 Å². The van der Waals surface area contributed by atoms with Crippen molar-refractivity contribution < 1.29 is 0 Å². The Kier molecular flexibility index (Phi) is 3.96. The summed E-state index contributed by atoms with van der Waals surface area (Å²) < 4.78 is 2.15. The van der Waals surface area contributed by atoms with Crippen molar-refractivity contribution in [1.29, 1.82) is 0 Å². The van der Waals surface area contributed by atoms with E-state index < -0.39 is 0 Å². The summed E-state index contributed by atoms with van der Waals surface area (Å²) in [5, 5.41) is 16.8. The van der Waals surface area contributed by atoms with E-state index in [1.165, 1.54) is 21.3 Å². The summed E-state index contributed by atoms with van der Waals surface area (Å²) in [5.74, 6) is 0.726. The van der Waals surface area contributed by atoms with Gasteiger partial charge in [0.25, 0.3) is 0 Å². The fourth-order valence-corrected chi connectivity index (χ4v) is 2.45. The Labute approximate surface area is 123 Å². The molecule has 0 spiro atoms. The van der Waals surface area contributed by atoms with E-state index in [1.54, 1.807) is 7.05 Å². The second-order valence-corrected chi connectivity index (χ2v) is 5.21. The van der Waals surface area contributed by atoms with Crippen molar-refractivity contribution in [2.75, 3.05) is 6.54 Å². The molecule has 21 heavy (non-hydrogen) atoms. The number of benzene rings is 1. The summed E-state index contributed by atoms with van der Waals surface area (Å²) in [6, 6.07) is 8.70. The number of hydrogen-bond acceptors (Lipinski definition) is 4.